The number of pyridine rings is 1. The van der Waals surface area contributed by atoms with Crippen LogP contribution in [0.5, 0.6) is 0 Å². The molecule has 2 aliphatic rings. The fourth-order valence-corrected chi connectivity index (χ4v) is 5.33. The molecule has 1 fully saturated rings. The Hall–Kier alpha value is -2.40. The van der Waals surface area contributed by atoms with Gasteiger partial charge in [-0.3, -0.25) is 4.79 Å². The molecule has 30 heavy (non-hydrogen) atoms. The van der Waals surface area contributed by atoms with Crippen LogP contribution in [0.25, 0.3) is 0 Å². The summed E-state index contributed by atoms with van der Waals surface area (Å²) in [5, 5.41) is 8.17. The second-order valence-corrected chi connectivity index (χ2v) is 10.4. The Morgan fingerprint density at radius 1 is 1.17 bits per heavy atom. The van der Waals surface area contributed by atoms with Crippen molar-refractivity contribution in [1.82, 2.24) is 29.0 Å². The number of carbonyl (C=O) groups is 1. The van der Waals surface area contributed by atoms with Gasteiger partial charge in [-0.05, 0) is 38.8 Å². The summed E-state index contributed by atoms with van der Waals surface area (Å²) in [5.74, 6) is 0.510. The Labute approximate surface area is 175 Å². The summed E-state index contributed by atoms with van der Waals surface area (Å²) >= 11 is 0. The number of aromatic nitrogens is 4. The number of fused-ring (bicyclic) bond motifs is 1. The van der Waals surface area contributed by atoms with Crippen molar-refractivity contribution in [2.24, 2.45) is 0 Å². The largest absolute Gasteiger partial charge is 0.328 e. The van der Waals surface area contributed by atoms with E-state index < -0.39 is 27.0 Å². The van der Waals surface area contributed by atoms with Gasteiger partial charge in [-0.1, -0.05) is 0 Å². The lowest BCUT2D eigenvalue weighted by Gasteiger charge is -2.33. The molecule has 0 aromatic carbocycles. The molecule has 4 heterocycles. The van der Waals surface area contributed by atoms with Crippen molar-refractivity contribution in [3.63, 3.8) is 0 Å². The summed E-state index contributed by atoms with van der Waals surface area (Å²) < 4.78 is 42.2. The van der Waals surface area contributed by atoms with E-state index in [-0.39, 0.29) is 18.2 Å². The molecule has 0 aliphatic carbocycles. The quantitative estimate of drug-likeness (QED) is 0.718. The lowest BCUT2D eigenvalue weighted by Crippen LogP contribution is -2.42. The van der Waals surface area contributed by atoms with Crippen LogP contribution < -0.4 is 0 Å². The van der Waals surface area contributed by atoms with Gasteiger partial charge in [-0.15, -0.1) is 10.2 Å². The minimum Gasteiger partial charge on any atom is -0.328 e. The summed E-state index contributed by atoms with van der Waals surface area (Å²) in [6, 6.07) is 2.67. The van der Waals surface area contributed by atoms with Gasteiger partial charge in [0.2, 0.25) is 10.0 Å². The highest BCUT2D eigenvalue weighted by atomic mass is 32.2. The fraction of sp³-hybridized carbons (Fsp3) is 0.579. The van der Waals surface area contributed by atoms with Crippen LogP contribution in [0.2, 0.25) is 0 Å². The molecule has 11 heteroatoms. The zero-order valence-corrected chi connectivity index (χ0v) is 17.8. The lowest BCUT2D eigenvalue weighted by molar-refractivity contribution is 0.0694. The maximum atomic E-state index is 13.9. The maximum absolute atomic E-state index is 13.9. The van der Waals surface area contributed by atoms with E-state index >= 15 is 0 Å². The zero-order chi connectivity index (χ0) is 21.5. The molecule has 1 amide bonds. The number of carbonyl (C=O) groups excluding carboxylic acids is 1. The molecule has 2 aliphatic heterocycles. The summed E-state index contributed by atoms with van der Waals surface area (Å²) in [4.78, 5) is 18.0. The molecule has 0 spiro atoms. The Morgan fingerprint density at radius 3 is 2.57 bits per heavy atom. The van der Waals surface area contributed by atoms with E-state index in [4.69, 9.17) is 0 Å². The number of hydrogen-bond donors (Lipinski definition) is 0. The maximum Gasteiger partial charge on any atom is 0.275 e. The highest BCUT2D eigenvalue weighted by Gasteiger charge is 2.34. The van der Waals surface area contributed by atoms with Crippen molar-refractivity contribution in [2.45, 2.75) is 50.9 Å². The third kappa shape index (κ3) is 3.71. The van der Waals surface area contributed by atoms with Gasteiger partial charge in [0.05, 0.1) is 11.8 Å². The van der Waals surface area contributed by atoms with Gasteiger partial charge in [0, 0.05) is 38.3 Å². The van der Waals surface area contributed by atoms with Crippen molar-refractivity contribution in [3.05, 3.63) is 41.5 Å². The van der Waals surface area contributed by atoms with Crippen molar-refractivity contribution < 1.29 is 17.6 Å². The Bertz CT molecular complexity index is 1050. The number of rotatable bonds is 4. The molecular weight excluding hydrogens is 411 g/mol. The van der Waals surface area contributed by atoms with E-state index in [1.54, 1.807) is 18.2 Å². The molecular formula is C19H25FN6O3S. The average Bonchev–Trinajstić information content (AvgIpc) is 3.17. The summed E-state index contributed by atoms with van der Waals surface area (Å²) in [7, 11) is -3.25. The lowest BCUT2D eigenvalue weighted by atomic mass is 9.97. The van der Waals surface area contributed by atoms with E-state index in [1.165, 1.54) is 23.2 Å². The second-order valence-electron chi connectivity index (χ2n) is 7.95. The van der Waals surface area contributed by atoms with Crippen LogP contribution in [0.15, 0.2) is 18.3 Å². The molecule has 0 atom stereocenters. The molecule has 0 saturated carbocycles. The molecule has 0 unspecified atom stereocenters. The van der Waals surface area contributed by atoms with Crippen molar-refractivity contribution in [3.8, 4) is 0 Å². The van der Waals surface area contributed by atoms with Crippen LogP contribution in [0.4, 0.5) is 4.39 Å². The first-order valence-electron chi connectivity index (χ1n) is 10.1. The monoisotopic (exact) mass is 436 g/mol. The van der Waals surface area contributed by atoms with Gasteiger partial charge >= 0.3 is 0 Å². The topological polar surface area (TPSA) is 101 Å². The molecule has 1 saturated heterocycles. The predicted molar refractivity (Wildman–Crippen MR) is 107 cm³/mol. The van der Waals surface area contributed by atoms with E-state index in [0.29, 0.717) is 44.8 Å². The third-order valence-electron chi connectivity index (χ3n) is 5.80. The van der Waals surface area contributed by atoms with Crippen LogP contribution in [0.3, 0.4) is 0 Å². The minimum atomic E-state index is -3.25. The number of nitrogens with zero attached hydrogens (tertiary/aromatic N) is 6. The van der Waals surface area contributed by atoms with Gasteiger partial charge in [0.1, 0.15) is 5.82 Å². The van der Waals surface area contributed by atoms with Gasteiger partial charge in [-0.25, -0.2) is 22.1 Å². The summed E-state index contributed by atoms with van der Waals surface area (Å²) in [6.07, 6.45) is 2.77. The number of amides is 1. The molecule has 0 radical (unpaired) electrons. The number of halogens is 1. The molecule has 4 rings (SSSR count). The minimum absolute atomic E-state index is 0.125. The summed E-state index contributed by atoms with van der Waals surface area (Å²) in [5.41, 5.74) is -0.190. The Balaban J connectivity index is 1.45. The van der Waals surface area contributed by atoms with E-state index in [0.717, 1.165) is 5.82 Å². The van der Waals surface area contributed by atoms with Crippen LogP contribution in [-0.2, 0) is 23.1 Å². The fourth-order valence-electron chi connectivity index (χ4n) is 4.02. The third-order valence-corrected chi connectivity index (χ3v) is 8.08. The average molecular weight is 437 g/mol. The molecule has 0 bridgehead atoms. The van der Waals surface area contributed by atoms with E-state index in [9.17, 15) is 17.6 Å². The number of sulfonamides is 1. The highest BCUT2D eigenvalue weighted by molar-refractivity contribution is 7.89. The molecule has 2 aromatic rings. The van der Waals surface area contributed by atoms with Crippen molar-refractivity contribution in [2.75, 3.05) is 19.6 Å². The van der Waals surface area contributed by atoms with Crippen LogP contribution >= 0.6 is 0 Å². The molecule has 0 N–H and O–H groups in total. The van der Waals surface area contributed by atoms with Gasteiger partial charge < -0.3 is 9.47 Å². The highest BCUT2D eigenvalue weighted by Crippen LogP contribution is 2.30. The summed E-state index contributed by atoms with van der Waals surface area (Å²) in [6.45, 7) is 5.49. The van der Waals surface area contributed by atoms with Gasteiger partial charge in [0.15, 0.2) is 17.3 Å². The second kappa shape index (κ2) is 8.03. The molecule has 9 nitrogen and oxygen atoms in total. The Morgan fingerprint density at radius 2 is 1.90 bits per heavy atom. The van der Waals surface area contributed by atoms with E-state index in [1.807, 2.05) is 4.57 Å². The first kappa shape index (κ1) is 20.9. The first-order valence-corrected chi connectivity index (χ1v) is 11.6. The molecule has 162 valence electrons. The standard InChI is InChI=1S/C19H25FN6O3S/c1-13(2)30(28,29)25-8-5-14(6-9-25)18-23-22-16-12-24(10-11-26(16)18)19(27)17-15(20)4-3-7-21-17/h3-4,7,13-14H,5-6,8-12H2,1-2H3. The van der Waals surface area contributed by atoms with Gasteiger partial charge in [-0.2, -0.15) is 0 Å². The van der Waals surface area contributed by atoms with Gasteiger partial charge in [0.25, 0.3) is 5.91 Å². The van der Waals surface area contributed by atoms with Crippen molar-refractivity contribution >= 4 is 15.9 Å². The van der Waals surface area contributed by atoms with Crippen LogP contribution in [0.1, 0.15) is 54.7 Å². The number of hydrogen-bond acceptors (Lipinski definition) is 6. The van der Waals surface area contributed by atoms with Crippen LogP contribution in [0, 0.1) is 5.82 Å². The molecule has 2 aromatic heterocycles. The predicted octanol–water partition coefficient (Wildman–Crippen LogP) is 1.39. The van der Waals surface area contributed by atoms with E-state index in [2.05, 4.69) is 15.2 Å². The SMILES string of the molecule is CC(C)S(=O)(=O)N1CCC(c2nnc3n2CCN(C(=O)c2ncccc2F)C3)CC1. The number of piperidine rings is 1. The normalized spacial score (nSPS) is 18.6. The zero-order valence-electron chi connectivity index (χ0n) is 17.0. The smallest absolute Gasteiger partial charge is 0.275 e. The first-order chi connectivity index (χ1) is 14.3. The Kier molecular flexibility index (Phi) is 5.58. The van der Waals surface area contributed by atoms with Crippen LogP contribution in [-0.4, -0.2) is 68.2 Å². The van der Waals surface area contributed by atoms with Crippen molar-refractivity contribution in [1.29, 1.82) is 0 Å².